The lowest BCUT2D eigenvalue weighted by Gasteiger charge is -2.42. The molecule has 11 heteroatoms. The van der Waals surface area contributed by atoms with Crippen LogP contribution in [0.3, 0.4) is 0 Å². The van der Waals surface area contributed by atoms with Crippen molar-refractivity contribution in [3.8, 4) is 11.1 Å². The summed E-state index contributed by atoms with van der Waals surface area (Å²) in [5, 5.41) is 5.68. The molecule has 5 rings (SSSR count). The number of nitrogens with two attached hydrogens (primary N) is 2. The molecule has 0 spiro atoms. The van der Waals surface area contributed by atoms with Crippen LogP contribution in [0, 0.1) is 11.7 Å². The number of primary sulfonamides is 1. The van der Waals surface area contributed by atoms with Gasteiger partial charge in [0.05, 0.1) is 10.9 Å². The number of carbonyl (C=O) groups excluding carboxylic acids is 1. The van der Waals surface area contributed by atoms with Crippen molar-refractivity contribution in [1.82, 2.24) is 4.98 Å². The van der Waals surface area contributed by atoms with E-state index < -0.39 is 20.7 Å². The quantitative estimate of drug-likeness (QED) is 0.550. The van der Waals surface area contributed by atoms with Crippen LogP contribution in [0.4, 0.5) is 21.6 Å². The van der Waals surface area contributed by atoms with Crippen LogP contribution >= 0.6 is 11.6 Å². The van der Waals surface area contributed by atoms with Crippen molar-refractivity contribution in [2.75, 3.05) is 28.6 Å². The normalized spacial score (nSPS) is 17.9. The number of carbonyl (C=O) groups is 1. The summed E-state index contributed by atoms with van der Waals surface area (Å²) < 4.78 is 37.8. The molecule has 35 heavy (non-hydrogen) atoms. The number of pyridine rings is 1. The first-order valence-corrected chi connectivity index (χ1v) is 12.9. The molecule has 1 aromatic heterocycles. The van der Waals surface area contributed by atoms with E-state index in [9.17, 15) is 17.6 Å². The summed E-state index contributed by atoms with van der Waals surface area (Å²) in [5.41, 5.74) is 9.44. The van der Waals surface area contributed by atoms with Crippen molar-refractivity contribution < 1.29 is 17.6 Å². The highest BCUT2D eigenvalue weighted by Crippen LogP contribution is 2.38. The Bertz CT molecular complexity index is 1420. The Hall–Kier alpha value is -3.21. The second kappa shape index (κ2) is 8.47. The predicted molar refractivity (Wildman–Crippen MR) is 133 cm³/mol. The molecule has 1 fully saturated rings. The molecule has 2 aromatic carbocycles. The lowest BCUT2D eigenvalue weighted by Crippen LogP contribution is -2.55. The number of hydrogen-bond donors (Lipinski definition) is 2. The SMILES string of the molecule is CC1Cc2cc(F)c(S(N)(=O)=O)cc2N1C(=O)C1CN(c2ccc(-c3c(Cl)ccnc3N)cc2)C1. The predicted octanol–water partition coefficient (Wildman–Crippen LogP) is 3.18. The molecule has 1 saturated heterocycles. The highest BCUT2D eigenvalue weighted by molar-refractivity contribution is 7.89. The zero-order valence-corrected chi connectivity index (χ0v) is 20.4. The molecule has 4 N–H and O–H groups in total. The maximum absolute atomic E-state index is 14.3. The van der Waals surface area contributed by atoms with E-state index in [0.29, 0.717) is 47.2 Å². The molecule has 3 heterocycles. The minimum atomic E-state index is -4.25. The molecule has 8 nitrogen and oxygen atoms in total. The summed E-state index contributed by atoms with van der Waals surface area (Å²) >= 11 is 6.28. The Morgan fingerprint density at radius 1 is 1.17 bits per heavy atom. The standard InChI is InChI=1S/C24H23ClFN5O3S/c1-13-8-15-9-19(26)21(35(28,33)34)10-20(15)31(13)24(32)16-11-30(12-16)17-4-2-14(3-5-17)22-18(25)6-7-29-23(22)27/h2-7,9-10,13,16H,8,11-12H2,1H3,(H2,27,29)(H2,28,33,34). The number of benzene rings is 2. The van der Waals surface area contributed by atoms with Gasteiger partial charge in [0, 0.05) is 42.3 Å². The van der Waals surface area contributed by atoms with Crippen LogP contribution in [-0.4, -0.2) is 38.4 Å². The molecular weight excluding hydrogens is 493 g/mol. The second-order valence-corrected chi connectivity index (χ2v) is 10.9. The first-order valence-electron chi connectivity index (χ1n) is 11.0. The summed E-state index contributed by atoms with van der Waals surface area (Å²) in [4.78, 5) is 20.5. The first kappa shape index (κ1) is 23.5. The number of halogens is 2. The number of nitrogen functional groups attached to an aromatic ring is 1. The van der Waals surface area contributed by atoms with E-state index in [1.807, 2.05) is 31.2 Å². The van der Waals surface area contributed by atoms with Gasteiger partial charge in [0.25, 0.3) is 0 Å². The van der Waals surface area contributed by atoms with Gasteiger partial charge in [-0.15, -0.1) is 0 Å². The van der Waals surface area contributed by atoms with E-state index in [-0.39, 0.29) is 17.9 Å². The number of hydrogen-bond acceptors (Lipinski definition) is 6. The summed E-state index contributed by atoms with van der Waals surface area (Å²) in [6, 6.07) is 11.5. The zero-order chi connectivity index (χ0) is 25.1. The van der Waals surface area contributed by atoms with E-state index in [0.717, 1.165) is 17.3 Å². The van der Waals surface area contributed by atoms with E-state index >= 15 is 0 Å². The molecule has 1 atom stereocenters. The average Bonchev–Trinajstić information content (AvgIpc) is 3.06. The Morgan fingerprint density at radius 3 is 2.49 bits per heavy atom. The van der Waals surface area contributed by atoms with Crippen LogP contribution in [0.2, 0.25) is 5.02 Å². The molecule has 1 unspecified atom stereocenters. The lowest BCUT2D eigenvalue weighted by molar-refractivity contribution is -0.123. The van der Waals surface area contributed by atoms with E-state index in [1.54, 1.807) is 17.2 Å². The van der Waals surface area contributed by atoms with Gasteiger partial charge in [-0.3, -0.25) is 4.79 Å². The summed E-state index contributed by atoms with van der Waals surface area (Å²) in [6.45, 7) is 2.88. The molecular formula is C24H23ClFN5O3S. The van der Waals surface area contributed by atoms with Crippen molar-refractivity contribution in [2.45, 2.75) is 24.3 Å². The largest absolute Gasteiger partial charge is 0.383 e. The van der Waals surface area contributed by atoms with Gasteiger partial charge in [0.2, 0.25) is 15.9 Å². The third-order valence-corrected chi connectivity index (χ3v) is 7.81. The smallest absolute Gasteiger partial charge is 0.241 e. The fraction of sp³-hybridized carbons (Fsp3) is 0.250. The number of rotatable bonds is 4. The van der Waals surface area contributed by atoms with Crippen LogP contribution in [0.5, 0.6) is 0 Å². The van der Waals surface area contributed by atoms with Gasteiger partial charge in [0.1, 0.15) is 16.5 Å². The Balaban J connectivity index is 1.32. The third-order valence-electron chi connectivity index (χ3n) is 6.57. The monoisotopic (exact) mass is 515 g/mol. The van der Waals surface area contributed by atoms with Crippen molar-refractivity contribution >= 4 is 44.7 Å². The van der Waals surface area contributed by atoms with Crippen LogP contribution < -0.4 is 20.7 Å². The number of fused-ring (bicyclic) bond motifs is 1. The van der Waals surface area contributed by atoms with Gasteiger partial charge >= 0.3 is 0 Å². The van der Waals surface area contributed by atoms with Crippen LogP contribution in [0.15, 0.2) is 53.6 Å². The average molecular weight is 516 g/mol. The molecule has 0 aliphatic carbocycles. The van der Waals surface area contributed by atoms with Gasteiger partial charge in [-0.1, -0.05) is 23.7 Å². The Labute approximate surface area is 207 Å². The van der Waals surface area contributed by atoms with Gasteiger partial charge in [0.15, 0.2) is 0 Å². The molecule has 2 aliphatic heterocycles. The molecule has 3 aromatic rings. The van der Waals surface area contributed by atoms with Crippen molar-refractivity contribution in [3.05, 3.63) is 65.1 Å². The molecule has 182 valence electrons. The number of aromatic nitrogens is 1. The Kier molecular flexibility index (Phi) is 5.70. The summed E-state index contributed by atoms with van der Waals surface area (Å²) in [5.74, 6) is -0.939. The lowest BCUT2D eigenvalue weighted by atomic mass is 9.96. The third kappa shape index (κ3) is 4.11. The maximum Gasteiger partial charge on any atom is 0.241 e. The number of nitrogens with zero attached hydrogens (tertiary/aromatic N) is 3. The highest BCUT2D eigenvalue weighted by atomic mass is 35.5. The van der Waals surface area contributed by atoms with Gasteiger partial charge < -0.3 is 15.5 Å². The fourth-order valence-electron chi connectivity index (χ4n) is 4.79. The number of sulfonamides is 1. The van der Waals surface area contributed by atoms with E-state index in [1.165, 1.54) is 6.07 Å². The van der Waals surface area contributed by atoms with Crippen LogP contribution in [-0.2, 0) is 21.2 Å². The van der Waals surface area contributed by atoms with Crippen molar-refractivity contribution in [1.29, 1.82) is 0 Å². The minimum absolute atomic E-state index is 0.119. The zero-order valence-electron chi connectivity index (χ0n) is 18.8. The van der Waals surface area contributed by atoms with Gasteiger partial charge in [-0.25, -0.2) is 22.9 Å². The fourth-order valence-corrected chi connectivity index (χ4v) is 5.66. The number of amides is 1. The van der Waals surface area contributed by atoms with E-state index in [4.69, 9.17) is 22.5 Å². The summed E-state index contributed by atoms with van der Waals surface area (Å²) in [7, 11) is -4.25. The summed E-state index contributed by atoms with van der Waals surface area (Å²) in [6.07, 6.45) is 2.00. The van der Waals surface area contributed by atoms with Gasteiger partial charge in [-0.2, -0.15) is 0 Å². The number of anilines is 3. The maximum atomic E-state index is 14.3. The Morgan fingerprint density at radius 2 is 1.86 bits per heavy atom. The minimum Gasteiger partial charge on any atom is -0.383 e. The highest BCUT2D eigenvalue weighted by Gasteiger charge is 2.41. The second-order valence-electron chi connectivity index (χ2n) is 8.92. The molecule has 0 bridgehead atoms. The van der Waals surface area contributed by atoms with E-state index in [2.05, 4.69) is 9.88 Å². The molecule has 1 amide bonds. The van der Waals surface area contributed by atoms with Crippen molar-refractivity contribution in [2.24, 2.45) is 11.1 Å². The van der Waals surface area contributed by atoms with Crippen molar-refractivity contribution in [3.63, 3.8) is 0 Å². The molecule has 0 saturated carbocycles. The molecule has 2 aliphatic rings. The topological polar surface area (TPSA) is 123 Å². The molecule has 0 radical (unpaired) electrons. The van der Waals surface area contributed by atoms with Crippen LogP contribution in [0.25, 0.3) is 11.1 Å². The first-order chi connectivity index (χ1) is 16.5. The van der Waals surface area contributed by atoms with Gasteiger partial charge in [-0.05, 0) is 54.8 Å². The van der Waals surface area contributed by atoms with Crippen LogP contribution in [0.1, 0.15) is 12.5 Å².